The zero-order valence-corrected chi connectivity index (χ0v) is 12.7. The minimum atomic E-state index is 0.474. The van der Waals surface area contributed by atoms with Gasteiger partial charge in [0.2, 0.25) is 0 Å². The van der Waals surface area contributed by atoms with Gasteiger partial charge >= 0.3 is 0 Å². The van der Waals surface area contributed by atoms with Crippen LogP contribution in [0.5, 0.6) is 0 Å². The van der Waals surface area contributed by atoms with Gasteiger partial charge in [0.15, 0.2) is 0 Å². The Morgan fingerprint density at radius 1 is 1.35 bits per heavy atom. The van der Waals surface area contributed by atoms with Crippen molar-refractivity contribution in [3.8, 4) is 0 Å². The predicted molar refractivity (Wildman–Crippen MR) is 83.5 cm³/mol. The van der Waals surface area contributed by atoms with Gasteiger partial charge < -0.3 is 10.2 Å². The summed E-state index contributed by atoms with van der Waals surface area (Å²) in [6.45, 7) is 6.74. The topological polar surface area (TPSA) is 41.0 Å². The highest BCUT2D eigenvalue weighted by atomic mass is 32.1. The number of hydrogen-bond donors (Lipinski definition) is 1. The third kappa shape index (κ3) is 1.91. The molecule has 1 unspecified atom stereocenters. The zero-order chi connectivity index (χ0) is 13.6. The number of nitrogens with one attached hydrogen (secondary N) is 1. The van der Waals surface area contributed by atoms with E-state index in [9.17, 15) is 0 Å². The Kier molecular flexibility index (Phi) is 2.93. The normalized spacial score (nSPS) is 26.8. The summed E-state index contributed by atoms with van der Waals surface area (Å²) in [4.78, 5) is 11.5. The number of nitrogens with zero attached hydrogens (tertiary/aromatic N) is 3. The van der Waals surface area contributed by atoms with Crippen LogP contribution >= 0.6 is 11.3 Å². The molecule has 1 atom stereocenters. The summed E-state index contributed by atoms with van der Waals surface area (Å²) >= 11 is 1.78. The molecular weight excluding hydrogens is 268 g/mol. The van der Waals surface area contributed by atoms with Gasteiger partial charge in [-0.15, -0.1) is 11.3 Å². The molecule has 2 aromatic rings. The summed E-state index contributed by atoms with van der Waals surface area (Å²) in [5.74, 6) is 1.15. The molecule has 0 amide bonds. The van der Waals surface area contributed by atoms with Crippen molar-refractivity contribution >= 4 is 27.4 Å². The molecule has 4 nitrogen and oxygen atoms in total. The lowest BCUT2D eigenvalue weighted by Gasteiger charge is -2.40. The maximum absolute atomic E-state index is 4.60. The van der Waals surface area contributed by atoms with Crippen molar-refractivity contribution in [1.82, 2.24) is 15.3 Å². The Morgan fingerprint density at radius 2 is 2.30 bits per heavy atom. The van der Waals surface area contributed by atoms with Crippen LogP contribution < -0.4 is 10.2 Å². The fourth-order valence-electron chi connectivity index (χ4n) is 3.71. The van der Waals surface area contributed by atoms with Gasteiger partial charge in [-0.1, -0.05) is 0 Å². The monoisotopic (exact) mass is 288 g/mol. The summed E-state index contributed by atoms with van der Waals surface area (Å²) in [5, 5.41) is 5.73. The van der Waals surface area contributed by atoms with Gasteiger partial charge in [0, 0.05) is 25.0 Å². The Balaban J connectivity index is 1.71. The van der Waals surface area contributed by atoms with Gasteiger partial charge in [0.1, 0.15) is 12.1 Å². The zero-order valence-electron chi connectivity index (χ0n) is 11.9. The number of aryl methyl sites for hydroxylation is 1. The lowest BCUT2D eigenvalue weighted by Crippen LogP contribution is -2.44. The molecule has 1 spiro atoms. The van der Waals surface area contributed by atoms with E-state index in [1.807, 2.05) is 0 Å². The van der Waals surface area contributed by atoms with Gasteiger partial charge in [0.05, 0.1) is 10.2 Å². The van der Waals surface area contributed by atoms with Crippen molar-refractivity contribution in [2.45, 2.75) is 26.2 Å². The molecule has 0 radical (unpaired) electrons. The standard InChI is InChI=1S/C15H20N4S/c1-11-7-20-13-12(11)17-10-18-14(13)19-6-2-3-15(9-19)4-5-16-8-15/h7,10,16H,2-6,8-9H2,1H3. The van der Waals surface area contributed by atoms with Crippen molar-refractivity contribution in [3.05, 3.63) is 17.3 Å². The van der Waals surface area contributed by atoms with Crippen molar-refractivity contribution in [1.29, 1.82) is 0 Å². The van der Waals surface area contributed by atoms with Crippen LogP contribution in [-0.4, -0.2) is 36.1 Å². The van der Waals surface area contributed by atoms with Crippen LogP contribution in [0.15, 0.2) is 11.7 Å². The molecule has 2 aromatic heterocycles. The second kappa shape index (κ2) is 4.67. The number of rotatable bonds is 1. The number of fused-ring (bicyclic) bond motifs is 1. The molecule has 4 heterocycles. The number of hydrogen-bond acceptors (Lipinski definition) is 5. The summed E-state index contributed by atoms with van der Waals surface area (Å²) in [7, 11) is 0. The van der Waals surface area contributed by atoms with Gasteiger partial charge in [-0.2, -0.15) is 0 Å². The highest BCUT2D eigenvalue weighted by Crippen LogP contribution is 2.39. The fourth-order valence-corrected chi connectivity index (χ4v) is 4.73. The molecule has 1 N–H and O–H groups in total. The van der Waals surface area contributed by atoms with E-state index in [-0.39, 0.29) is 0 Å². The molecule has 0 aromatic carbocycles. The van der Waals surface area contributed by atoms with E-state index in [0.29, 0.717) is 5.41 Å². The number of anilines is 1. The molecule has 106 valence electrons. The average molecular weight is 288 g/mol. The smallest absolute Gasteiger partial charge is 0.150 e. The van der Waals surface area contributed by atoms with E-state index < -0.39 is 0 Å². The number of aromatic nitrogens is 2. The Labute approximate surface area is 123 Å². The summed E-state index contributed by atoms with van der Waals surface area (Å²) in [6, 6.07) is 0. The lowest BCUT2D eigenvalue weighted by molar-refractivity contribution is 0.260. The first-order valence-corrected chi connectivity index (χ1v) is 8.30. The molecule has 5 heteroatoms. The molecule has 0 aliphatic carbocycles. The van der Waals surface area contributed by atoms with E-state index in [0.717, 1.165) is 24.4 Å². The quantitative estimate of drug-likeness (QED) is 0.875. The second-order valence-corrected chi connectivity index (χ2v) is 7.13. The summed E-state index contributed by atoms with van der Waals surface area (Å²) in [5.41, 5.74) is 2.87. The van der Waals surface area contributed by atoms with Crippen LogP contribution in [0, 0.1) is 12.3 Å². The first-order valence-electron chi connectivity index (χ1n) is 7.42. The van der Waals surface area contributed by atoms with Crippen molar-refractivity contribution in [2.24, 2.45) is 5.41 Å². The van der Waals surface area contributed by atoms with Crippen molar-refractivity contribution in [2.75, 3.05) is 31.1 Å². The van der Waals surface area contributed by atoms with Gasteiger partial charge in [-0.05, 0) is 43.7 Å². The molecule has 20 heavy (non-hydrogen) atoms. The van der Waals surface area contributed by atoms with Crippen LogP contribution in [0.2, 0.25) is 0 Å². The molecular formula is C15H20N4S. The summed E-state index contributed by atoms with van der Waals surface area (Å²) < 4.78 is 1.26. The van der Waals surface area contributed by atoms with Gasteiger partial charge in [-0.25, -0.2) is 9.97 Å². The van der Waals surface area contributed by atoms with E-state index in [4.69, 9.17) is 0 Å². The van der Waals surface area contributed by atoms with Crippen LogP contribution in [0.3, 0.4) is 0 Å². The van der Waals surface area contributed by atoms with Gasteiger partial charge in [0.25, 0.3) is 0 Å². The van der Waals surface area contributed by atoms with Crippen LogP contribution in [-0.2, 0) is 0 Å². The minimum absolute atomic E-state index is 0.474. The largest absolute Gasteiger partial charge is 0.355 e. The average Bonchev–Trinajstić information content (AvgIpc) is 3.07. The molecule has 2 aliphatic heterocycles. The van der Waals surface area contributed by atoms with E-state index in [1.165, 1.54) is 42.6 Å². The summed E-state index contributed by atoms with van der Waals surface area (Å²) in [6.07, 6.45) is 5.67. The highest BCUT2D eigenvalue weighted by Gasteiger charge is 2.38. The highest BCUT2D eigenvalue weighted by molar-refractivity contribution is 7.18. The van der Waals surface area contributed by atoms with E-state index >= 15 is 0 Å². The van der Waals surface area contributed by atoms with Crippen LogP contribution in [0.4, 0.5) is 5.82 Å². The SMILES string of the molecule is Cc1csc2c(N3CCCC4(CCNC4)C3)ncnc12. The molecule has 4 rings (SSSR count). The first-order chi connectivity index (χ1) is 9.77. The second-order valence-electron chi connectivity index (χ2n) is 6.25. The predicted octanol–water partition coefficient (Wildman–Crippen LogP) is 2.58. The molecule has 0 saturated carbocycles. The maximum Gasteiger partial charge on any atom is 0.150 e. The van der Waals surface area contributed by atoms with Gasteiger partial charge in [-0.3, -0.25) is 0 Å². The number of piperidine rings is 1. The third-order valence-electron chi connectivity index (χ3n) is 4.81. The van der Waals surface area contributed by atoms with Crippen LogP contribution in [0.1, 0.15) is 24.8 Å². The first kappa shape index (κ1) is 12.5. The molecule has 2 aliphatic rings. The van der Waals surface area contributed by atoms with E-state index in [2.05, 4.69) is 32.5 Å². The molecule has 2 fully saturated rings. The van der Waals surface area contributed by atoms with Crippen LogP contribution in [0.25, 0.3) is 10.2 Å². The number of thiophene rings is 1. The maximum atomic E-state index is 4.60. The van der Waals surface area contributed by atoms with Crippen molar-refractivity contribution in [3.63, 3.8) is 0 Å². The van der Waals surface area contributed by atoms with E-state index in [1.54, 1.807) is 17.7 Å². The molecule has 2 saturated heterocycles. The Bertz CT molecular complexity index is 630. The lowest BCUT2D eigenvalue weighted by atomic mass is 9.79. The minimum Gasteiger partial charge on any atom is -0.355 e. The Morgan fingerprint density at radius 3 is 3.15 bits per heavy atom. The van der Waals surface area contributed by atoms with Crippen molar-refractivity contribution < 1.29 is 0 Å². The molecule has 0 bridgehead atoms. The fraction of sp³-hybridized carbons (Fsp3) is 0.600. The third-order valence-corrected chi connectivity index (χ3v) is 5.89. The Hall–Kier alpha value is -1.20.